The second-order valence-electron chi connectivity index (χ2n) is 10.1. The van der Waals surface area contributed by atoms with Crippen molar-refractivity contribution in [1.82, 2.24) is 15.5 Å². The Balaban J connectivity index is 1.36. The molecule has 7 nitrogen and oxygen atoms in total. The zero-order valence-corrected chi connectivity index (χ0v) is 22.9. The summed E-state index contributed by atoms with van der Waals surface area (Å²) in [5, 5.41) is 17.3. The van der Waals surface area contributed by atoms with Gasteiger partial charge in [0.2, 0.25) is 0 Å². The number of benzene rings is 2. The van der Waals surface area contributed by atoms with Gasteiger partial charge in [-0.15, -0.1) is 0 Å². The highest BCUT2D eigenvalue weighted by atomic mass is 35.5. The third kappa shape index (κ3) is 6.72. The molecule has 3 N–H and O–H groups in total. The van der Waals surface area contributed by atoms with Gasteiger partial charge in [0.25, 0.3) is 5.91 Å². The molecule has 1 fully saturated rings. The fourth-order valence-corrected chi connectivity index (χ4v) is 4.94. The molecule has 2 aliphatic heterocycles. The van der Waals surface area contributed by atoms with Crippen LogP contribution in [0.25, 0.3) is 5.57 Å². The first-order valence-corrected chi connectivity index (χ1v) is 13.5. The van der Waals surface area contributed by atoms with Crippen molar-refractivity contribution >= 4 is 29.3 Å². The van der Waals surface area contributed by atoms with Crippen LogP contribution in [0.15, 0.2) is 71.0 Å². The van der Waals surface area contributed by atoms with Gasteiger partial charge in [-0.1, -0.05) is 60.6 Å². The minimum atomic E-state index is -0.574. The number of hydrogen-bond donors (Lipinski definition) is 3. The number of ether oxygens (including phenoxy) is 1. The highest BCUT2D eigenvalue weighted by Crippen LogP contribution is 2.28. The van der Waals surface area contributed by atoms with E-state index < -0.39 is 5.54 Å². The van der Waals surface area contributed by atoms with E-state index in [4.69, 9.17) is 16.3 Å². The molecular weight excluding hydrogens is 500 g/mol. The minimum Gasteiger partial charge on any atom is -0.394 e. The molecule has 1 amide bonds. The Morgan fingerprint density at radius 1 is 1.26 bits per heavy atom. The van der Waals surface area contributed by atoms with Gasteiger partial charge in [-0.2, -0.15) is 0 Å². The molecule has 4 rings (SSSR count). The van der Waals surface area contributed by atoms with Crippen molar-refractivity contribution < 1.29 is 14.6 Å². The number of allylic oxidation sites excluding steroid dienone is 2. The third-order valence-corrected chi connectivity index (χ3v) is 7.71. The second-order valence-corrected chi connectivity index (χ2v) is 10.5. The highest BCUT2D eigenvalue weighted by Gasteiger charge is 2.29. The van der Waals surface area contributed by atoms with Crippen LogP contribution in [0, 0.1) is 0 Å². The summed E-state index contributed by atoms with van der Waals surface area (Å²) >= 11 is 6.56. The number of nitrogens with zero attached hydrogens (tertiary/aromatic N) is 2. The number of hydrogen-bond acceptors (Lipinski definition) is 6. The predicted octanol–water partition coefficient (Wildman–Crippen LogP) is 4.42. The maximum Gasteiger partial charge on any atom is 0.254 e. The number of aliphatic hydroxyl groups is 1. The number of halogens is 1. The summed E-state index contributed by atoms with van der Waals surface area (Å²) < 4.78 is 5.38. The lowest BCUT2D eigenvalue weighted by atomic mass is 9.93. The standard InChI is InChI=1S/C30H37ClN4O3/c1-21(28(31)18-32-22(2)34-26-11-15-38-16-12-26)23-9-10-24-19-35(29(37)27(24)17-23)14-13-33-30(3,20-36)25-7-5-4-6-8-25/h4-10,17-18,26,33-34,36H,2,11-16,19-20H2,1,3H3/b28-21-,32-18-. The summed E-state index contributed by atoms with van der Waals surface area (Å²) in [5.41, 5.74) is 3.85. The molecule has 202 valence electrons. The molecule has 2 aromatic rings. The lowest BCUT2D eigenvalue weighted by Crippen LogP contribution is -2.46. The van der Waals surface area contributed by atoms with Gasteiger partial charge >= 0.3 is 0 Å². The van der Waals surface area contributed by atoms with Gasteiger partial charge in [0, 0.05) is 50.7 Å². The molecule has 0 bridgehead atoms. The Hall–Kier alpha value is -2.97. The summed E-state index contributed by atoms with van der Waals surface area (Å²) in [4.78, 5) is 19.4. The number of carbonyl (C=O) groups excluding carboxylic acids is 1. The average molecular weight is 537 g/mol. The van der Waals surface area contributed by atoms with Crippen LogP contribution in [0.2, 0.25) is 0 Å². The van der Waals surface area contributed by atoms with Gasteiger partial charge in [-0.3, -0.25) is 4.79 Å². The monoisotopic (exact) mass is 536 g/mol. The molecule has 0 radical (unpaired) electrons. The molecule has 0 spiro atoms. The summed E-state index contributed by atoms with van der Waals surface area (Å²) in [6.45, 7) is 11.0. The molecule has 2 aromatic carbocycles. The van der Waals surface area contributed by atoms with Crippen molar-refractivity contribution in [2.75, 3.05) is 32.9 Å². The molecule has 0 aromatic heterocycles. The molecule has 1 unspecified atom stereocenters. The summed E-state index contributed by atoms with van der Waals surface area (Å²) in [6.07, 6.45) is 3.46. The first kappa shape index (κ1) is 28.0. The highest BCUT2D eigenvalue weighted by molar-refractivity contribution is 6.42. The maximum absolute atomic E-state index is 13.2. The molecular formula is C30H37ClN4O3. The van der Waals surface area contributed by atoms with E-state index in [-0.39, 0.29) is 12.5 Å². The van der Waals surface area contributed by atoms with Crippen molar-refractivity contribution in [1.29, 1.82) is 0 Å². The number of nitrogens with one attached hydrogen (secondary N) is 2. The number of aliphatic hydroxyl groups excluding tert-OH is 1. The molecule has 0 aliphatic carbocycles. The number of amides is 1. The van der Waals surface area contributed by atoms with E-state index in [1.165, 1.54) is 0 Å². The van der Waals surface area contributed by atoms with Crippen LogP contribution in [0.5, 0.6) is 0 Å². The van der Waals surface area contributed by atoms with Crippen molar-refractivity contribution in [2.45, 2.75) is 44.8 Å². The zero-order chi connectivity index (χ0) is 27.1. The molecule has 8 heteroatoms. The predicted molar refractivity (Wildman–Crippen MR) is 153 cm³/mol. The molecule has 2 heterocycles. The first-order chi connectivity index (χ1) is 18.3. The third-order valence-electron chi connectivity index (χ3n) is 7.33. The summed E-state index contributed by atoms with van der Waals surface area (Å²) in [6, 6.07) is 16.1. The lowest BCUT2D eigenvalue weighted by molar-refractivity contribution is 0.0771. The fourth-order valence-electron chi connectivity index (χ4n) is 4.78. The Morgan fingerprint density at radius 2 is 2.00 bits per heavy atom. The van der Waals surface area contributed by atoms with Crippen LogP contribution in [-0.2, 0) is 16.8 Å². The molecule has 0 saturated carbocycles. The van der Waals surface area contributed by atoms with Crippen LogP contribution in [0.3, 0.4) is 0 Å². The van der Waals surface area contributed by atoms with Gasteiger partial charge < -0.3 is 25.4 Å². The van der Waals surface area contributed by atoms with Crippen molar-refractivity contribution in [3.8, 4) is 0 Å². The SMILES string of the molecule is C=C(/N=C\C(Cl)=C(/C)c1ccc2c(c1)C(=O)N(CCNC(C)(CO)c1ccccc1)C2)NC1CCOCC1. The molecule has 38 heavy (non-hydrogen) atoms. The largest absolute Gasteiger partial charge is 0.394 e. The molecule has 2 aliphatic rings. The van der Waals surface area contributed by atoms with E-state index in [0.717, 1.165) is 48.3 Å². The lowest BCUT2D eigenvalue weighted by Gasteiger charge is -2.30. The van der Waals surface area contributed by atoms with E-state index in [0.29, 0.717) is 42.1 Å². The first-order valence-electron chi connectivity index (χ1n) is 13.1. The Labute approximate surface area is 230 Å². The van der Waals surface area contributed by atoms with Gasteiger partial charge in [-0.25, -0.2) is 4.99 Å². The van der Waals surface area contributed by atoms with Crippen LogP contribution in [0.4, 0.5) is 0 Å². The van der Waals surface area contributed by atoms with Gasteiger partial charge in [-0.05, 0) is 55.0 Å². The van der Waals surface area contributed by atoms with Crippen LogP contribution >= 0.6 is 11.6 Å². The second kappa shape index (κ2) is 12.7. The number of aliphatic imine (C=N–C) groups is 1. The van der Waals surface area contributed by atoms with Crippen molar-refractivity contribution in [3.05, 3.63) is 88.2 Å². The topological polar surface area (TPSA) is 86.2 Å². The van der Waals surface area contributed by atoms with E-state index in [9.17, 15) is 9.90 Å². The average Bonchev–Trinajstić information content (AvgIpc) is 3.26. The summed E-state index contributed by atoms with van der Waals surface area (Å²) in [7, 11) is 0. The minimum absolute atomic E-state index is 0.000640. The van der Waals surface area contributed by atoms with Crippen molar-refractivity contribution in [2.24, 2.45) is 4.99 Å². The number of carbonyl (C=O) groups is 1. The zero-order valence-electron chi connectivity index (χ0n) is 22.2. The van der Waals surface area contributed by atoms with Gasteiger partial charge in [0.05, 0.1) is 17.2 Å². The normalized spacial score (nSPS) is 18.3. The van der Waals surface area contributed by atoms with E-state index >= 15 is 0 Å². The van der Waals surface area contributed by atoms with E-state index in [1.54, 1.807) is 6.21 Å². The van der Waals surface area contributed by atoms with Crippen molar-refractivity contribution in [3.63, 3.8) is 0 Å². The van der Waals surface area contributed by atoms with E-state index in [2.05, 4.69) is 22.2 Å². The number of fused-ring (bicyclic) bond motifs is 1. The van der Waals surface area contributed by atoms with Crippen LogP contribution in [-0.4, -0.2) is 61.1 Å². The fraction of sp³-hybridized carbons (Fsp3) is 0.400. The van der Waals surface area contributed by atoms with Crippen LogP contribution < -0.4 is 10.6 Å². The molecule has 1 atom stereocenters. The Kier molecular flexibility index (Phi) is 9.39. The Morgan fingerprint density at radius 3 is 2.71 bits per heavy atom. The van der Waals surface area contributed by atoms with Gasteiger partial charge in [0.15, 0.2) is 0 Å². The molecule has 1 saturated heterocycles. The smallest absolute Gasteiger partial charge is 0.254 e. The Bertz CT molecular complexity index is 1210. The summed E-state index contributed by atoms with van der Waals surface area (Å²) in [5.74, 6) is 0.571. The van der Waals surface area contributed by atoms with Gasteiger partial charge in [0.1, 0.15) is 5.82 Å². The van der Waals surface area contributed by atoms with Crippen LogP contribution in [0.1, 0.15) is 53.7 Å². The maximum atomic E-state index is 13.2. The number of rotatable bonds is 11. The quantitative estimate of drug-likeness (QED) is 0.370. The van der Waals surface area contributed by atoms with E-state index in [1.807, 2.05) is 67.3 Å².